The van der Waals surface area contributed by atoms with Gasteiger partial charge in [-0.2, -0.15) is 10.5 Å². The van der Waals surface area contributed by atoms with E-state index >= 15 is 0 Å². The van der Waals surface area contributed by atoms with Crippen LogP contribution in [0.25, 0.3) is 5.65 Å². The third-order valence-corrected chi connectivity index (χ3v) is 7.42. The number of hydrogen-bond acceptors (Lipinski definition) is 8. The van der Waals surface area contributed by atoms with Crippen LogP contribution in [0.3, 0.4) is 0 Å². The molecule has 0 amide bonds. The van der Waals surface area contributed by atoms with Gasteiger partial charge >= 0.3 is 5.97 Å². The van der Waals surface area contributed by atoms with E-state index in [1.54, 1.807) is 30.5 Å². The third kappa shape index (κ3) is 5.15. The molecule has 1 saturated heterocycles. The van der Waals surface area contributed by atoms with Crippen molar-refractivity contribution in [3.8, 4) is 12.1 Å². The minimum Gasteiger partial charge on any atom is -0.478 e. The first-order valence-electron chi connectivity index (χ1n) is 13.3. The third-order valence-electron chi connectivity index (χ3n) is 7.42. The quantitative estimate of drug-likeness (QED) is 0.361. The summed E-state index contributed by atoms with van der Waals surface area (Å²) in [6, 6.07) is 19.8. The largest absolute Gasteiger partial charge is 0.478 e. The average molecular weight is 548 g/mol. The molecule has 1 aliphatic rings. The zero-order valence-corrected chi connectivity index (χ0v) is 23.0. The number of piperazine rings is 1. The van der Waals surface area contributed by atoms with Crippen LogP contribution in [0, 0.1) is 29.6 Å². The Hall–Kier alpha value is -5.35. The summed E-state index contributed by atoms with van der Waals surface area (Å²) < 4.78 is 1.41. The Morgan fingerprint density at radius 3 is 2.61 bits per heavy atom. The topological polar surface area (TPSA) is 138 Å². The number of benzene rings is 2. The molecule has 206 valence electrons. The number of hydrogen-bond donors (Lipinski definition) is 2. The predicted molar refractivity (Wildman–Crippen MR) is 157 cm³/mol. The highest BCUT2D eigenvalue weighted by Gasteiger charge is 2.29. The first kappa shape index (κ1) is 27.2. The van der Waals surface area contributed by atoms with Crippen LogP contribution in [0.15, 0.2) is 65.6 Å². The number of carbonyl (C=O) groups is 1. The Balaban J connectivity index is 1.55. The summed E-state index contributed by atoms with van der Waals surface area (Å²) in [4.78, 5) is 34.5. The summed E-state index contributed by atoms with van der Waals surface area (Å²) in [5.41, 5.74) is 3.55. The van der Waals surface area contributed by atoms with Crippen LogP contribution in [-0.2, 0) is 0 Å². The molecule has 0 aliphatic carbocycles. The number of fused-ring (bicyclic) bond motifs is 1. The molecule has 10 heteroatoms. The molecule has 0 spiro atoms. The molecule has 0 unspecified atom stereocenters. The van der Waals surface area contributed by atoms with Crippen LogP contribution >= 0.6 is 0 Å². The molecule has 10 nitrogen and oxygen atoms in total. The van der Waals surface area contributed by atoms with Crippen LogP contribution in [0.4, 0.5) is 17.2 Å². The van der Waals surface area contributed by atoms with Gasteiger partial charge in [0.1, 0.15) is 11.7 Å². The number of nitrogens with zero attached hydrogens (tertiary/aromatic N) is 6. The molecule has 0 radical (unpaired) electrons. The van der Waals surface area contributed by atoms with Gasteiger partial charge < -0.3 is 20.2 Å². The molecule has 2 N–H and O–H groups in total. The van der Waals surface area contributed by atoms with Gasteiger partial charge in [0.05, 0.1) is 23.2 Å². The van der Waals surface area contributed by atoms with Crippen molar-refractivity contribution in [1.82, 2.24) is 9.38 Å². The maximum absolute atomic E-state index is 13.6. The number of rotatable bonds is 6. The first-order valence-corrected chi connectivity index (χ1v) is 13.3. The fraction of sp³-hybridized carbons (Fsp3) is 0.258. The van der Waals surface area contributed by atoms with Crippen molar-refractivity contribution in [3.63, 3.8) is 0 Å². The molecule has 0 bridgehead atoms. The van der Waals surface area contributed by atoms with E-state index < -0.39 is 17.6 Å². The Kier molecular flexibility index (Phi) is 7.32. The van der Waals surface area contributed by atoms with Gasteiger partial charge in [0.25, 0.3) is 5.56 Å². The first-order chi connectivity index (χ1) is 19.7. The monoisotopic (exact) mass is 547 g/mol. The van der Waals surface area contributed by atoms with Crippen molar-refractivity contribution < 1.29 is 9.90 Å². The summed E-state index contributed by atoms with van der Waals surface area (Å²) in [7, 11) is 0. The van der Waals surface area contributed by atoms with Crippen molar-refractivity contribution >= 4 is 28.8 Å². The van der Waals surface area contributed by atoms with E-state index in [9.17, 15) is 25.2 Å². The Labute approximate surface area is 237 Å². The fourth-order valence-corrected chi connectivity index (χ4v) is 5.41. The number of aromatic nitrogens is 2. The lowest BCUT2D eigenvalue weighted by Gasteiger charge is -2.42. The smallest absolute Gasteiger partial charge is 0.337 e. The number of nitrogens with one attached hydrogen (secondary N) is 1. The number of nitriles is 2. The van der Waals surface area contributed by atoms with Gasteiger partial charge in [-0.15, -0.1) is 0 Å². The highest BCUT2D eigenvalue weighted by molar-refractivity contribution is 5.94. The maximum atomic E-state index is 13.6. The van der Waals surface area contributed by atoms with Gasteiger partial charge in [-0.1, -0.05) is 18.2 Å². The standard InChI is InChI=1S/C31H29N7O3/c1-19-13-25(21(3)34-27-10-5-4-9-24(27)31(40)41)28-35-29(26(16-33)30(39)38(28)17-19)37-12-11-36(18-20(37)2)23-8-6-7-22(14-23)15-32/h4-10,13-14,17,20-21,34H,11-12,18H2,1-3H3,(H,40,41)/t20-,21+/m0/s1. The van der Waals surface area contributed by atoms with Crippen molar-refractivity contribution in [2.45, 2.75) is 32.9 Å². The summed E-state index contributed by atoms with van der Waals surface area (Å²) >= 11 is 0. The number of aryl methyl sites for hydroxylation is 1. The van der Waals surface area contributed by atoms with Gasteiger partial charge in [0.15, 0.2) is 11.4 Å². The number of pyridine rings is 1. The lowest BCUT2D eigenvalue weighted by Crippen LogP contribution is -2.53. The number of carboxylic acid groups (broad SMARTS) is 1. The number of para-hydroxylation sites is 1. The highest BCUT2D eigenvalue weighted by Crippen LogP contribution is 2.29. The van der Waals surface area contributed by atoms with Crippen LogP contribution in [-0.4, -0.2) is 46.1 Å². The van der Waals surface area contributed by atoms with Crippen molar-refractivity contribution in [2.75, 3.05) is 34.8 Å². The molecule has 1 aliphatic heterocycles. The summed E-state index contributed by atoms with van der Waals surface area (Å²) in [5, 5.41) is 32.2. The maximum Gasteiger partial charge on any atom is 0.337 e. The van der Waals surface area contributed by atoms with E-state index in [1.165, 1.54) is 10.5 Å². The normalized spacial score (nSPS) is 15.7. The van der Waals surface area contributed by atoms with Gasteiger partial charge in [-0.25, -0.2) is 9.78 Å². The van der Waals surface area contributed by atoms with E-state index in [4.69, 9.17) is 4.98 Å². The Morgan fingerprint density at radius 1 is 1.12 bits per heavy atom. The summed E-state index contributed by atoms with van der Waals surface area (Å²) in [5.74, 6) is -0.712. The molecule has 41 heavy (non-hydrogen) atoms. The van der Waals surface area contributed by atoms with E-state index in [-0.39, 0.29) is 17.2 Å². The second-order valence-electron chi connectivity index (χ2n) is 10.3. The van der Waals surface area contributed by atoms with Crippen molar-refractivity contribution in [3.05, 3.63) is 99.0 Å². The molecule has 2 aromatic heterocycles. The summed E-state index contributed by atoms with van der Waals surface area (Å²) in [6.45, 7) is 7.52. The molecule has 4 aromatic rings. The molecule has 0 saturated carbocycles. The van der Waals surface area contributed by atoms with Gasteiger partial charge in [-0.3, -0.25) is 9.20 Å². The van der Waals surface area contributed by atoms with E-state index in [1.807, 2.05) is 49.9 Å². The number of carboxylic acids is 1. The van der Waals surface area contributed by atoms with Crippen LogP contribution in [0.1, 0.15) is 52.5 Å². The number of aromatic carboxylic acids is 1. The number of anilines is 3. The van der Waals surface area contributed by atoms with Gasteiger partial charge in [0, 0.05) is 48.8 Å². The molecule has 5 rings (SSSR count). The molecular formula is C31H29N7O3. The van der Waals surface area contributed by atoms with Crippen LogP contribution < -0.4 is 20.7 Å². The zero-order chi connectivity index (χ0) is 29.3. The second kappa shape index (κ2) is 11.0. The Morgan fingerprint density at radius 2 is 1.90 bits per heavy atom. The second-order valence-corrected chi connectivity index (χ2v) is 10.3. The summed E-state index contributed by atoms with van der Waals surface area (Å²) in [6.07, 6.45) is 1.67. The lowest BCUT2D eigenvalue weighted by molar-refractivity contribution is 0.0698. The zero-order valence-electron chi connectivity index (χ0n) is 23.0. The predicted octanol–water partition coefficient (Wildman–Crippen LogP) is 4.33. The lowest BCUT2D eigenvalue weighted by atomic mass is 10.1. The van der Waals surface area contributed by atoms with Crippen molar-refractivity contribution in [1.29, 1.82) is 10.5 Å². The fourth-order valence-electron chi connectivity index (χ4n) is 5.41. The minimum atomic E-state index is -1.04. The van der Waals surface area contributed by atoms with E-state index in [2.05, 4.69) is 22.4 Å². The van der Waals surface area contributed by atoms with Crippen LogP contribution in [0.5, 0.6) is 0 Å². The molecular weight excluding hydrogens is 518 g/mol. The van der Waals surface area contributed by atoms with E-state index in [0.29, 0.717) is 47.9 Å². The molecule has 1 fully saturated rings. The van der Waals surface area contributed by atoms with Gasteiger partial charge in [0.2, 0.25) is 0 Å². The minimum absolute atomic E-state index is 0.0253. The van der Waals surface area contributed by atoms with Gasteiger partial charge in [-0.05, 0) is 62.7 Å². The van der Waals surface area contributed by atoms with E-state index in [0.717, 1.165) is 11.3 Å². The molecule has 3 heterocycles. The Bertz CT molecular complexity index is 1800. The molecule has 2 atom stereocenters. The van der Waals surface area contributed by atoms with Crippen molar-refractivity contribution in [2.24, 2.45) is 0 Å². The average Bonchev–Trinajstić information content (AvgIpc) is 2.97. The molecule has 2 aromatic carbocycles. The van der Waals surface area contributed by atoms with Crippen LogP contribution in [0.2, 0.25) is 0 Å². The SMILES string of the molecule is Cc1cc([C@@H](C)Nc2ccccc2C(=O)O)c2nc(N3CCN(c4cccc(C#N)c4)C[C@@H]3C)c(C#N)c(=O)n2c1. The highest BCUT2D eigenvalue weighted by atomic mass is 16.4.